The fraction of sp³-hybridized carbons (Fsp3) is 0.300. The van der Waals surface area contributed by atoms with Crippen molar-refractivity contribution in [3.63, 3.8) is 0 Å². The molecule has 4 nitrogen and oxygen atoms in total. The lowest BCUT2D eigenvalue weighted by molar-refractivity contribution is -0.143. The van der Waals surface area contributed by atoms with Crippen LogP contribution in [0.2, 0.25) is 0 Å². The predicted octanol–water partition coefficient (Wildman–Crippen LogP) is 5.72. The number of nitrogens with zero attached hydrogens (tertiary/aromatic N) is 1. The first kappa shape index (κ1) is 25.4. The molecule has 3 aromatic carbocycles. The molecule has 0 aromatic heterocycles. The summed E-state index contributed by atoms with van der Waals surface area (Å²) in [6, 6.07) is 30.4. The smallest absolute Gasteiger partial charge is 0.306 e. The molecule has 0 fully saturated rings. The van der Waals surface area contributed by atoms with Gasteiger partial charge in [0.15, 0.2) is 0 Å². The standard InChI is InChI=1S/C30H35NO3/c1-2-3-19-27(30(33)34)21-29(32)28(20-24-13-7-4-8-14-24)31(22-25-15-9-5-10-16-25)23-26-17-11-6-12-18-26/h2-18,27-29,32H,19-23H2,1H3,(H,33,34)/t27-,28+,29+/m1/s1. The maximum Gasteiger partial charge on any atom is 0.306 e. The summed E-state index contributed by atoms with van der Waals surface area (Å²) in [5, 5.41) is 21.3. The first-order chi connectivity index (χ1) is 16.6. The molecule has 34 heavy (non-hydrogen) atoms. The van der Waals surface area contributed by atoms with Crippen molar-refractivity contribution in [3.8, 4) is 0 Å². The minimum atomic E-state index is -0.867. The van der Waals surface area contributed by atoms with Gasteiger partial charge < -0.3 is 10.2 Å². The quantitative estimate of drug-likeness (QED) is 0.322. The van der Waals surface area contributed by atoms with Crippen LogP contribution in [0.25, 0.3) is 0 Å². The number of allylic oxidation sites excluding steroid dienone is 2. The molecule has 0 unspecified atom stereocenters. The van der Waals surface area contributed by atoms with Crippen LogP contribution in [-0.2, 0) is 24.3 Å². The van der Waals surface area contributed by atoms with E-state index in [9.17, 15) is 15.0 Å². The summed E-state index contributed by atoms with van der Waals surface area (Å²) in [4.78, 5) is 14.2. The molecule has 0 aliphatic heterocycles. The van der Waals surface area contributed by atoms with Gasteiger partial charge in [-0.15, -0.1) is 0 Å². The first-order valence-corrected chi connectivity index (χ1v) is 11.9. The number of aliphatic hydroxyl groups is 1. The summed E-state index contributed by atoms with van der Waals surface area (Å²) >= 11 is 0. The molecule has 3 aromatic rings. The number of rotatable bonds is 13. The van der Waals surface area contributed by atoms with Crippen molar-refractivity contribution >= 4 is 5.97 Å². The number of benzene rings is 3. The SMILES string of the molecule is CC=CC[C@H](C[C@H](O)[C@H](Cc1ccccc1)N(Cc1ccccc1)Cc1ccccc1)C(=O)O. The van der Waals surface area contributed by atoms with Crippen LogP contribution < -0.4 is 0 Å². The Bertz CT molecular complexity index is 963. The monoisotopic (exact) mass is 457 g/mol. The van der Waals surface area contributed by atoms with E-state index in [4.69, 9.17) is 0 Å². The van der Waals surface area contributed by atoms with Crippen molar-refractivity contribution in [2.75, 3.05) is 0 Å². The largest absolute Gasteiger partial charge is 0.481 e. The Morgan fingerprint density at radius 3 is 1.74 bits per heavy atom. The lowest BCUT2D eigenvalue weighted by atomic mass is 9.90. The zero-order valence-electron chi connectivity index (χ0n) is 19.8. The van der Waals surface area contributed by atoms with Gasteiger partial charge in [0, 0.05) is 19.1 Å². The molecule has 0 aliphatic carbocycles. The van der Waals surface area contributed by atoms with E-state index in [-0.39, 0.29) is 12.5 Å². The highest BCUT2D eigenvalue weighted by Crippen LogP contribution is 2.24. The molecule has 4 heteroatoms. The van der Waals surface area contributed by atoms with Gasteiger partial charge in [-0.25, -0.2) is 0 Å². The van der Waals surface area contributed by atoms with Gasteiger partial charge in [-0.3, -0.25) is 9.69 Å². The van der Waals surface area contributed by atoms with Gasteiger partial charge in [-0.2, -0.15) is 0 Å². The molecule has 0 spiro atoms. The number of hydrogen-bond acceptors (Lipinski definition) is 3. The Labute approximate surface area is 203 Å². The van der Waals surface area contributed by atoms with Crippen LogP contribution in [0.15, 0.2) is 103 Å². The first-order valence-electron chi connectivity index (χ1n) is 11.9. The zero-order valence-corrected chi connectivity index (χ0v) is 19.8. The van der Waals surface area contributed by atoms with Crippen LogP contribution in [-0.4, -0.2) is 33.2 Å². The van der Waals surface area contributed by atoms with E-state index in [0.29, 0.717) is 25.9 Å². The highest BCUT2D eigenvalue weighted by molar-refractivity contribution is 5.70. The normalized spacial score (nSPS) is 14.2. The van der Waals surface area contributed by atoms with E-state index in [1.54, 1.807) is 0 Å². The number of carbonyl (C=O) groups is 1. The predicted molar refractivity (Wildman–Crippen MR) is 137 cm³/mol. The minimum absolute atomic E-state index is 0.206. The third kappa shape index (κ3) is 7.98. The highest BCUT2D eigenvalue weighted by atomic mass is 16.4. The average molecular weight is 458 g/mol. The summed E-state index contributed by atoms with van der Waals surface area (Å²) in [7, 11) is 0. The van der Waals surface area contributed by atoms with Crippen LogP contribution in [0.3, 0.4) is 0 Å². The number of carboxylic acids is 1. The second kappa shape index (κ2) is 13.5. The maximum absolute atomic E-state index is 11.9. The molecule has 2 N–H and O–H groups in total. The van der Waals surface area contributed by atoms with E-state index >= 15 is 0 Å². The van der Waals surface area contributed by atoms with Crippen LogP contribution in [0.1, 0.15) is 36.5 Å². The van der Waals surface area contributed by atoms with Gasteiger partial charge in [0.2, 0.25) is 0 Å². The summed E-state index contributed by atoms with van der Waals surface area (Å²) in [6.45, 7) is 3.21. The van der Waals surface area contributed by atoms with Gasteiger partial charge >= 0.3 is 5.97 Å². The number of carboxylic acid groups (broad SMARTS) is 1. The molecular weight excluding hydrogens is 422 g/mol. The van der Waals surface area contributed by atoms with Crippen LogP contribution >= 0.6 is 0 Å². The van der Waals surface area contributed by atoms with Crippen LogP contribution in [0.5, 0.6) is 0 Å². The third-order valence-electron chi connectivity index (χ3n) is 6.19. The second-order valence-corrected chi connectivity index (χ2v) is 8.78. The molecule has 0 bridgehead atoms. The van der Waals surface area contributed by atoms with Crippen molar-refractivity contribution in [3.05, 3.63) is 120 Å². The van der Waals surface area contributed by atoms with Crippen LogP contribution in [0, 0.1) is 5.92 Å². The lowest BCUT2D eigenvalue weighted by Crippen LogP contribution is -2.45. The average Bonchev–Trinajstić information content (AvgIpc) is 2.86. The van der Waals surface area contributed by atoms with Crippen molar-refractivity contribution in [2.45, 2.75) is 51.4 Å². The van der Waals surface area contributed by atoms with E-state index in [1.807, 2.05) is 73.7 Å². The Morgan fingerprint density at radius 1 is 0.824 bits per heavy atom. The van der Waals surface area contributed by atoms with Gasteiger partial charge in [0.25, 0.3) is 0 Å². The van der Waals surface area contributed by atoms with E-state index in [1.165, 1.54) is 0 Å². The maximum atomic E-state index is 11.9. The van der Waals surface area contributed by atoms with E-state index in [0.717, 1.165) is 16.7 Å². The third-order valence-corrected chi connectivity index (χ3v) is 6.19. The van der Waals surface area contributed by atoms with Gasteiger partial charge in [0.05, 0.1) is 12.0 Å². The Balaban J connectivity index is 1.93. The molecule has 0 heterocycles. The Kier molecular flexibility index (Phi) is 10.1. The molecule has 0 aliphatic rings. The molecular formula is C30H35NO3. The van der Waals surface area contributed by atoms with Crippen molar-refractivity contribution in [1.82, 2.24) is 4.90 Å². The minimum Gasteiger partial charge on any atom is -0.481 e. The fourth-order valence-corrected chi connectivity index (χ4v) is 4.34. The number of hydrogen-bond donors (Lipinski definition) is 2. The van der Waals surface area contributed by atoms with Crippen molar-refractivity contribution in [1.29, 1.82) is 0 Å². The fourth-order valence-electron chi connectivity index (χ4n) is 4.34. The molecule has 0 saturated carbocycles. The molecule has 3 atom stereocenters. The molecule has 0 saturated heterocycles. The molecule has 3 rings (SSSR count). The number of aliphatic carboxylic acids is 1. The van der Waals surface area contributed by atoms with Crippen LogP contribution in [0.4, 0.5) is 0 Å². The molecule has 178 valence electrons. The van der Waals surface area contributed by atoms with Crippen molar-refractivity contribution < 1.29 is 15.0 Å². The molecule has 0 radical (unpaired) electrons. The number of aliphatic hydroxyl groups excluding tert-OH is 1. The van der Waals surface area contributed by atoms with Gasteiger partial charge in [0.1, 0.15) is 0 Å². The topological polar surface area (TPSA) is 60.8 Å². The second-order valence-electron chi connectivity index (χ2n) is 8.78. The Hall–Kier alpha value is -3.21. The summed E-state index contributed by atoms with van der Waals surface area (Å²) in [6.07, 6.45) is 4.19. The van der Waals surface area contributed by atoms with E-state index < -0.39 is 18.0 Å². The summed E-state index contributed by atoms with van der Waals surface area (Å²) < 4.78 is 0. The molecule has 0 amide bonds. The van der Waals surface area contributed by atoms with E-state index in [2.05, 4.69) is 41.3 Å². The summed E-state index contributed by atoms with van der Waals surface area (Å²) in [5.41, 5.74) is 3.44. The lowest BCUT2D eigenvalue weighted by Gasteiger charge is -2.36. The Morgan fingerprint density at radius 2 is 1.29 bits per heavy atom. The zero-order chi connectivity index (χ0) is 24.2. The highest BCUT2D eigenvalue weighted by Gasteiger charge is 2.31. The van der Waals surface area contributed by atoms with Gasteiger partial charge in [-0.1, -0.05) is 103 Å². The summed E-state index contributed by atoms with van der Waals surface area (Å²) in [5.74, 6) is -1.49. The van der Waals surface area contributed by atoms with Crippen molar-refractivity contribution in [2.24, 2.45) is 5.92 Å². The van der Waals surface area contributed by atoms with Gasteiger partial charge in [-0.05, 0) is 42.9 Å².